The van der Waals surface area contributed by atoms with Gasteiger partial charge in [-0.1, -0.05) is 12.1 Å². The van der Waals surface area contributed by atoms with Crippen LogP contribution in [0.5, 0.6) is 5.75 Å². The molecule has 0 aliphatic rings. The van der Waals surface area contributed by atoms with E-state index in [1.165, 1.54) is 19.1 Å². The van der Waals surface area contributed by atoms with E-state index in [2.05, 4.69) is 5.73 Å². The Morgan fingerprint density at radius 2 is 1.04 bits per heavy atom. The highest BCUT2D eigenvalue weighted by Gasteiger charge is 2.16. The molecule has 2 amide bonds. The standard InChI is InChI=1S/C9H11NO3.C5H10N2O3.C4H8N2O3.C4H9NO3.C3H7NO3/c10-8(9(12)13)5-6-1-3-7(11)4-2-6;6-3(5(9)10)1-2-4(7)8;5-2(4(8)9)1-3(6)7;1-2(6)3(5)4(7)8;4-2(1-5)3(6)7/h1-4,8,11H,5,10H2,(H,12,13);3H,1-2,6H2,(H2,7,8)(H,9,10);2H,1,5H2,(H2,6,7)(H,8,9);2-3,6H,5H2,1H3,(H,7,8);2,5H,1,4H2,(H,6,7). The number of aliphatic hydroxyl groups is 2. The first kappa shape index (κ1) is 48.9. The maximum atomic E-state index is 10.4. The van der Waals surface area contributed by atoms with E-state index < -0.39 is 84.6 Å². The van der Waals surface area contributed by atoms with Gasteiger partial charge in [0.1, 0.15) is 36.0 Å². The van der Waals surface area contributed by atoms with Crippen LogP contribution in [0.3, 0.4) is 0 Å². The van der Waals surface area contributed by atoms with E-state index in [1.807, 2.05) is 0 Å². The van der Waals surface area contributed by atoms with Crippen LogP contribution in [0.2, 0.25) is 0 Å². The van der Waals surface area contributed by atoms with Gasteiger partial charge < -0.3 is 81.0 Å². The Labute approximate surface area is 267 Å². The number of primary amides is 2. The van der Waals surface area contributed by atoms with Gasteiger partial charge in [-0.05, 0) is 37.5 Å². The highest BCUT2D eigenvalue weighted by molar-refractivity contribution is 5.83. The Kier molecular flexibility index (Phi) is 28.5. The van der Waals surface area contributed by atoms with Crippen molar-refractivity contribution >= 4 is 41.7 Å². The van der Waals surface area contributed by atoms with Crippen LogP contribution in [0.25, 0.3) is 0 Å². The minimum atomic E-state index is -1.21. The number of hydrogen-bond acceptors (Lipinski definition) is 15. The average Bonchev–Trinajstić information content (AvgIpc) is 2.96. The molecule has 0 bridgehead atoms. The zero-order valence-electron chi connectivity index (χ0n) is 25.3. The molecule has 1 aromatic rings. The fourth-order valence-electron chi connectivity index (χ4n) is 1.98. The SMILES string of the molecule is CC(O)C(N)C(=O)O.NC(=O)CC(N)C(=O)O.NC(=O)CCC(N)C(=O)O.NC(CO)C(=O)O.NC(Cc1ccc(O)cc1)C(=O)O. The van der Waals surface area contributed by atoms with Crippen LogP contribution in [-0.4, -0.2) is 125 Å². The Balaban J connectivity index is -0.000000251. The van der Waals surface area contributed by atoms with Crippen LogP contribution >= 0.6 is 0 Å². The molecule has 0 radical (unpaired) electrons. The van der Waals surface area contributed by atoms with Gasteiger partial charge in [-0.2, -0.15) is 0 Å². The zero-order valence-corrected chi connectivity index (χ0v) is 25.3. The normalized spacial score (nSPS) is 13.4. The second kappa shape index (κ2) is 27.3. The van der Waals surface area contributed by atoms with Crippen LogP contribution in [-0.2, 0) is 40.0 Å². The number of phenolic OH excluding ortho intramolecular Hbond substituents is 1. The highest BCUT2D eigenvalue weighted by atomic mass is 16.4. The van der Waals surface area contributed by atoms with Crippen molar-refractivity contribution in [1.82, 2.24) is 0 Å². The molecule has 0 aliphatic heterocycles. The molecule has 22 N–H and O–H groups in total. The smallest absolute Gasteiger partial charge is 0.323 e. The zero-order chi connectivity index (χ0) is 38.0. The molecule has 47 heavy (non-hydrogen) atoms. The van der Waals surface area contributed by atoms with Gasteiger partial charge >= 0.3 is 29.8 Å². The lowest BCUT2D eigenvalue weighted by molar-refractivity contribution is -0.141. The Bertz CT molecular complexity index is 1120. The number of carboxylic acid groups (broad SMARTS) is 5. The first-order valence-electron chi connectivity index (χ1n) is 13.0. The summed E-state index contributed by atoms with van der Waals surface area (Å²) in [5.74, 6) is -6.78. The predicted octanol–water partition coefficient (Wildman–Crippen LogP) is -5.55. The number of aliphatic carboxylic acids is 5. The summed E-state index contributed by atoms with van der Waals surface area (Å²) in [5.41, 5.74) is 35.2. The number of phenols is 1. The van der Waals surface area contributed by atoms with E-state index in [1.54, 1.807) is 12.1 Å². The van der Waals surface area contributed by atoms with Crippen LogP contribution in [0.4, 0.5) is 0 Å². The summed E-state index contributed by atoms with van der Waals surface area (Å²) in [7, 11) is 0. The van der Waals surface area contributed by atoms with Gasteiger partial charge in [0.2, 0.25) is 11.8 Å². The summed E-state index contributed by atoms with van der Waals surface area (Å²) in [5, 5.41) is 66.2. The average molecular weight is 684 g/mol. The topological polar surface area (TPSA) is 463 Å². The molecule has 0 aliphatic carbocycles. The largest absolute Gasteiger partial charge is 0.508 e. The minimum absolute atomic E-state index is 0.0213. The van der Waals surface area contributed by atoms with Crippen molar-refractivity contribution in [1.29, 1.82) is 0 Å². The van der Waals surface area contributed by atoms with Gasteiger partial charge in [0.15, 0.2) is 0 Å². The van der Waals surface area contributed by atoms with Gasteiger partial charge in [-0.15, -0.1) is 0 Å². The van der Waals surface area contributed by atoms with Gasteiger partial charge in [0.05, 0.1) is 19.1 Å². The number of carboxylic acids is 5. The van der Waals surface area contributed by atoms with Crippen molar-refractivity contribution in [2.45, 2.75) is 68.9 Å². The maximum absolute atomic E-state index is 10.4. The lowest BCUT2D eigenvalue weighted by atomic mass is 10.1. The second-order valence-corrected chi connectivity index (χ2v) is 9.11. The molecule has 22 heteroatoms. The van der Waals surface area contributed by atoms with Crippen LogP contribution in [0.15, 0.2) is 24.3 Å². The number of nitrogens with two attached hydrogens (primary N) is 7. The van der Waals surface area contributed by atoms with Crippen molar-refractivity contribution < 1.29 is 74.4 Å². The number of rotatable bonds is 14. The third kappa shape index (κ3) is 32.2. The number of benzene rings is 1. The van der Waals surface area contributed by atoms with Crippen molar-refractivity contribution in [3.63, 3.8) is 0 Å². The Hall–Kier alpha value is -4.97. The summed E-state index contributed by atoms with van der Waals surface area (Å²) < 4.78 is 0. The second-order valence-electron chi connectivity index (χ2n) is 9.11. The highest BCUT2D eigenvalue weighted by Crippen LogP contribution is 2.10. The maximum Gasteiger partial charge on any atom is 0.323 e. The summed E-state index contributed by atoms with van der Waals surface area (Å²) in [6.45, 7) is 0.827. The molecule has 0 heterocycles. The van der Waals surface area contributed by atoms with E-state index in [-0.39, 0.29) is 31.4 Å². The molecule has 0 aromatic heterocycles. The lowest BCUT2D eigenvalue weighted by Gasteiger charge is -2.06. The van der Waals surface area contributed by atoms with Gasteiger partial charge in [-0.3, -0.25) is 33.6 Å². The number of aliphatic hydroxyl groups excluding tert-OH is 2. The van der Waals surface area contributed by atoms with Crippen molar-refractivity contribution in [2.75, 3.05) is 6.61 Å². The van der Waals surface area contributed by atoms with E-state index in [4.69, 9.17) is 75.3 Å². The molecule has 22 nitrogen and oxygen atoms in total. The molecule has 6 unspecified atom stereocenters. The quantitative estimate of drug-likeness (QED) is 0.0868. The van der Waals surface area contributed by atoms with Gasteiger partial charge in [-0.25, -0.2) is 0 Å². The number of carbonyl (C=O) groups is 7. The molecule has 0 saturated heterocycles. The van der Waals surface area contributed by atoms with Crippen LogP contribution in [0.1, 0.15) is 31.7 Å². The van der Waals surface area contributed by atoms with Crippen molar-refractivity contribution in [3.8, 4) is 5.75 Å². The summed E-state index contributed by atoms with van der Waals surface area (Å²) in [6, 6.07) is 0.999. The van der Waals surface area contributed by atoms with Crippen LogP contribution < -0.4 is 40.1 Å². The van der Waals surface area contributed by atoms with E-state index in [0.29, 0.717) is 0 Å². The van der Waals surface area contributed by atoms with Crippen molar-refractivity contribution in [2.24, 2.45) is 40.1 Å². The molecular formula is C25H45N7O15. The molecule has 0 spiro atoms. The van der Waals surface area contributed by atoms with Crippen LogP contribution in [0, 0.1) is 0 Å². The van der Waals surface area contributed by atoms with E-state index in [0.717, 1.165) is 5.56 Å². The van der Waals surface area contributed by atoms with E-state index >= 15 is 0 Å². The van der Waals surface area contributed by atoms with Gasteiger partial charge in [0, 0.05) is 6.42 Å². The summed E-state index contributed by atoms with van der Waals surface area (Å²) in [4.78, 5) is 69.9. The minimum Gasteiger partial charge on any atom is -0.508 e. The first-order chi connectivity index (χ1) is 21.4. The summed E-state index contributed by atoms with van der Waals surface area (Å²) >= 11 is 0. The third-order valence-corrected chi connectivity index (χ3v) is 4.79. The molecule has 1 rings (SSSR count). The fraction of sp³-hybridized carbons (Fsp3) is 0.480. The Morgan fingerprint density at radius 1 is 0.638 bits per heavy atom. The molecular weight excluding hydrogens is 638 g/mol. The molecule has 270 valence electrons. The van der Waals surface area contributed by atoms with E-state index in [9.17, 15) is 33.6 Å². The molecule has 1 aromatic carbocycles. The summed E-state index contributed by atoms with van der Waals surface area (Å²) in [6.07, 6.45) is -0.893. The number of amides is 2. The molecule has 6 atom stereocenters. The third-order valence-electron chi connectivity index (χ3n) is 4.79. The lowest BCUT2D eigenvalue weighted by Crippen LogP contribution is -2.39. The number of carbonyl (C=O) groups excluding carboxylic acids is 2. The van der Waals surface area contributed by atoms with Crippen molar-refractivity contribution in [3.05, 3.63) is 29.8 Å². The first-order valence-corrected chi connectivity index (χ1v) is 13.0. The number of hydrogen-bond donors (Lipinski definition) is 15. The number of aromatic hydroxyl groups is 1. The molecule has 0 fully saturated rings. The van der Waals surface area contributed by atoms with Gasteiger partial charge in [0.25, 0.3) is 0 Å². The Morgan fingerprint density at radius 3 is 1.26 bits per heavy atom. The molecule has 0 saturated carbocycles. The predicted molar refractivity (Wildman–Crippen MR) is 161 cm³/mol. The fourth-order valence-corrected chi connectivity index (χ4v) is 1.98. The monoisotopic (exact) mass is 683 g/mol.